The van der Waals surface area contributed by atoms with E-state index in [-0.39, 0.29) is 5.56 Å². The van der Waals surface area contributed by atoms with Crippen LogP contribution in [0.1, 0.15) is 463 Å². The molecule has 3 aromatic carbocycles. The summed E-state index contributed by atoms with van der Waals surface area (Å²) >= 11 is 0. The fraction of sp³-hybridized carbons (Fsp3) is 0.779. The molecule has 0 aliphatic rings. The molecule has 2 amide bonds. The first kappa shape index (κ1) is 96.1. The average Bonchev–Trinajstić information content (AvgIpc) is 0.800. The lowest BCUT2D eigenvalue weighted by Crippen LogP contribution is -2.18. The van der Waals surface area contributed by atoms with Crippen LogP contribution >= 0.6 is 0 Å². The Hall–Kier alpha value is -5.13. The molecule has 0 radical (unpaired) electrons. The molecule has 0 heterocycles. The molecule has 0 spiro atoms. The van der Waals surface area contributed by atoms with Crippen molar-refractivity contribution < 1.29 is 47.5 Å². The Labute approximate surface area is 657 Å². The predicted octanol–water partition coefficient (Wildman–Crippen LogP) is 30.1. The van der Waals surface area contributed by atoms with Crippen LogP contribution in [0.5, 0.6) is 34.5 Å². The van der Waals surface area contributed by atoms with Crippen LogP contribution in [0.25, 0.3) is 0 Å². The molecule has 0 unspecified atom stereocenters. The van der Waals surface area contributed by atoms with Gasteiger partial charge in [-0.25, -0.2) is 4.79 Å². The SMILES string of the molecule is CCCCCCCCCCCCOc1cc(C(=O)Nc2cc(C(=O)OC)cc(NC(=O)c3cc(OCCCCCCCCCCCC)c(OCCCCCCCCCCCC)c(OCCCCCCCCCCCC)c3)c2C)cc(OCCCCCCCCCCCC)c1OCCCCCCCCCCCC. The number of ether oxygens (including phenoxy) is 7. The van der Waals surface area contributed by atoms with Crippen molar-refractivity contribution in [3.63, 3.8) is 0 Å². The maximum atomic E-state index is 15.1. The van der Waals surface area contributed by atoms with E-state index in [1.54, 1.807) is 36.4 Å². The number of benzene rings is 3. The molecule has 0 atom stereocenters. The van der Waals surface area contributed by atoms with Gasteiger partial charge < -0.3 is 43.8 Å². The number of carbonyl (C=O) groups is 3. The lowest BCUT2D eigenvalue weighted by atomic mass is 10.1. The van der Waals surface area contributed by atoms with Crippen LogP contribution in [0.15, 0.2) is 36.4 Å². The molecule has 12 nitrogen and oxygen atoms in total. The molecule has 0 aliphatic heterocycles. The summed E-state index contributed by atoms with van der Waals surface area (Å²) in [6.45, 7) is 18.4. The van der Waals surface area contributed by atoms with Gasteiger partial charge in [-0.3, -0.25) is 9.59 Å². The molecule has 3 aromatic rings. The van der Waals surface area contributed by atoms with Crippen molar-refractivity contribution in [1.29, 1.82) is 0 Å². The van der Waals surface area contributed by atoms with Crippen LogP contribution in [0.4, 0.5) is 11.4 Å². The van der Waals surface area contributed by atoms with Crippen LogP contribution < -0.4 is 39.1 Å². The molecule has 0 aromatic heterocycles. The third-order valence-corrected chi connectivity index (χ3v) is 21.4. The van der Waals surface area contributed by atoms with Gasteiger partial charge in [0, 0.05) is 22.5 Å². The summed E-state index contributed by atoms with van der Waals surface area (Å²) < 4.78 is 45.7. The first-order chi connectivity index (χ1) is 52.6. The van der Waals surface area contributed by atoms with Crippen molar-refractivity contribution in [3.05, 3.63) is 58.7 Å². The fourth-order valence-corrected chi connectivity index (χ4v) is 14.3. The number of hydrogen-bond donors (Lipinski definition) is 2. The third kappa shape index (κ3) is 48.3. The zero-order chi connectivity index (χ0) is 76.9. The van der Waals surface area contributed by atoms with E-state index in [4.69, 9.17) is 33.2 Å². The van der Waals surface area contributed by atoms with E-state index in [2.05, 4.69) is 52.2 Å². The van der Waals surface area contributed by atoms with Crippen molar-refractivity contribution in [3.8, 4) is 34.5 Å². The highest BCUT2D eigenvalue weighted by Gasteiger charge is 2.25. The molecule has 3 rings (SSSR count). The molecule has 0 bridgehead atoms. The number of anilines is 2. The summed E-state index contributed by atoms with van der Waals surface area (Å²) in [6.07, 6.45) is 72.9. The van der Waals surface area contributed by atoms with Gasteiger partial charge in [-0.1, -0.05) is 388 Å². The number of carbonyl (C=O) groups excluding carboxylic acids is 3. The van der Waals surface area contributed by atoms with Crippen molar-refractivity contribution in [2.75, 3.05) is 57.4 Å². The number of hydrogen-bond acceptors (Lipinski definition) is 10. The number of esters is 1. The van der Waals surface area contributed by atoms with Gasteiger partial charge in [0.05, 0.1) is 52.3 Å². The van der Waals surface area contributed by atoms with Crippen LogP contribution in [-0.2, 0) is 4.74 Å². The second-order valence-electron chi connectivity index (χ2n) is 31.4. The number of rotatable bonds is 77. The van der Waals surface area contributed by atoms with E-state index in [1.165, 1.54) is 290 Å². The van der Waals surface area contributed by atoms with Crippen molar-refractivity contribution >= 4 is 29.2 Å². The quantitative estimate of drug-likeness (QED) is 0.0415. The first-order valence-corrected chi connectivity index (χ1v) is 45.6. The molecule has 107 heavy (non-hydrogen) atoms. The van der Waals surface area contributed by atoms with Crippen molar-refractivity contribution in [1.82, 2.24) is 0 Å². The highest BCUT2D eigenvalue weighted by molar-refractivity contribution is 6.09. The normalized spacial score (nSPS) is 11.3. The maximum Gasteiger partial charge on any atom is 0.337 e. The Morgan fingerprint density at radius 3 is 0.607 bits per heavy atom. The zero-order valence-electron chi connectivity index (χ0n) is 70.7. The Morgan fingerprint density at radius 1 is 0.243 bits per heavy atom. The van der Waals surface area contributed by atoms with E-state index in [9.17, 15) is 4.79 Å². The molecule has 0 aliphatic carbocycles. The number of methoxy groups -OCH3 is 1. The summed E-state index contributed by atoms with van der Waals surface area (Å²) in [6, 6.07) is 10.4. The topological polar surface area (TPSA) is 140 Å². The summed E-state index contributed by atoms with van der Waals surface area (Å²) in [4.78, 5) is 43.9. The van der Waals surface area contributed by atoms with Gasteiger partial charge in [-0.05, 0) is 87.4 Å². The summed E-state index contributed by atoms with van der Waals surface area (Å²) in [5.74, 6) is 1.56. The lowest BCUT2D eigenvalue weighted by Gasteiger charge is -2.20. The molecule has 0 saturated heterocycles. The minimum Gasteiger partial charge on any atom is -0.490 e. The molecule has 12 heteroatoms. The van der Waals surface area contributed by atoms with Crippen LogP contribution in [0.2, 0.25) is 0 Å². The third-order valence-electron chi connectivity index (χ3n) is 21.4. The Balaban J connectivity index is 2.05. The molecule has 614 valence electrons. The van der Waals surface area contributed by atoms with E-state index in [0.29, 0.717) is 102 Å². The van der Waals surface area contributed by atoms with Gasteiger partial charge in [-0.2, -0.15) is 0 Å². The number of nitrogens with one attached hydrogen (secondary N) is 2. The summed E-state index contributed by atoms with van der Waals surface area (Å²) in [5, 5.41) is 6.33. The molecule has 0 fully saturated rings. The molecular formula is C95H164N2O10. The van der Waals surface area contributed by atoms with Crippen LogP contribution in [-0.4, -0.2) is 64.5 Å². The predicted molar refractivity (Wildman–Crippen MR) is 455 cm³/mol. The standard InChI is InChI=1S/C95H164N2O10/c1-9-15-21-27-33-39-45-51-57-63-69-102-87-77-82(78-88(103-70-64-58-52-46-40-34-28-22-16-10-2)91(87)106-73-67-61-55-49-43-37-31-25-19-13-5)93(98)96-85-75-84(95(100)101-8)76-86(81(85)7)97-94(99)83-79-89(104-71-65-59-53-47-41-35-29-23-17-11-3)92(107-74-68-62-56-50-44-38-32-26-20-14-6)90(80-83)105-72-66-60-54-48-42-36-30-24-18-12-4/h75-80H,9-74H2,1-8H3,(H,96,98)(H,97,99). The monoisotopic (exact) mass is 1490 g/mol. The molecular weight excluding hydrogens is 1330 g/mol. The van der Waals surface area contributed by atoms with E-state index < -0.39 is 17.8 Å². The Morgan fingerprint density at radius 2 is 0.421 bits per heavy atom. The lowest BCUT2D eigenvalue weighted by molar-refractivity contribution is 0.0600. The second-order valence-corrected chi connectivity index (χ2v) is 31.4. The van der Waals surface area contributed by atoms with Gasteiger partial charge in [0.25, 0.3) is 11.8 Å². The second kappa shape index (κ2) is 68.9. The Kier molecular flexibility index (Phi) is 61.8. The molecule has 2 N–H and O–H groups in total. The average molecular weight is 1490 g/mol. The number of unbranched alkanes of at least 4 members (excludes halogenated alkanes) is 54. The number of amides is 2. The Bertz CT molecular complexity index is 2360. The minimum atomic E-state index is -0.612. The minimum absolute atomic E-state index is 0.164. The zero-order valence-corrected chi connectivity index (χ0v) is 70.7. The first-order valence-electron chi connectivity index (χ1n) is 45.6. The molecule has 0 saturated carbocycles. The smallest absolute Gasteiger partial charge is 0.337 e. The van der Waals surface area contributed by atoms with Gasteiger partial charge in [-0.15, -0.1) is 0 Å². The highest BCUT2D eigenvalue weighted by atomic mass is 16.6. The fourth-order valence-electron chi connectivity index (χ4n) is 14.3. The van der Waals surface area contributed by atoms with Crippen molar-refractivity contribution in [2.24, 2.45) is 0 Å². The van der Waals surface area contributed by atoms with Crippen molar-refractivity contribution in [2.45, 2.75) is 434 Å². The van der Waals surface area contributed by atoms with Gasteiger partial charge in [0.1, 0.15) is 0 Å². The van der Waals surface area contributed by atoms with Gasteiger partial charge in [0.2, 0.25) is 11.5 Å². The van der Waals surface area contributed by atoms with E-state index in [0.717, 1.165) is 103 Å². The van der Waals surface area contributed by atoms with Crippen LogP contribution in [0, 0.1) is 6.92 Å². The van der Waals surface area contributed by atoms with Gasteiger partial charge >= 0.3 is 5.97 Å². The van der Waals surface area contributed by atoms with E-state index >= 15 is 9.59 Å². The van der Waals surface area contributed by atoms with Crippen LogP contribution in [0.3, 0.4) is 0 Å². The summed E-state index contributed by atoms with van der Waals surface area (Å²) in [5.41, 5.74) is 2.05. The van der Waals surface area contributed by atoms with E-state index in [1.807, 2.05) is 6.92 Å². The highest BCUT2D eigenvalue weighted by Crippen LogP contribution is 2.42. The van der Waals surface area contributed by atoms with Gasteiger partial charge in [0.15, 0.2) is 23.0 Å². The summed E-state index contributed by atoms with van der Waals surface area (Å²) in [7, 11) is 1.33. The largest absolute Gasteiger partial charge is 0.490 e. The maximum absolute atomic E-state index is 15.1.